The van der Waals surface area contributed by atoms with Crippen LogP contribution in [-0.2, 0) is 16.8 Å². The molecule has 0 aromatic heterocycles. The van der Waals surface area contributed by atoms with Gasteiger partial charge in [-0.1, -0.05) is 0 Å². The minimum atomic E-state index is 0.137. The van der Waals surface area contributed by atoms with Gasteiger partial charge in [-0.3, -0.25) is 4.79 Å². The third kappa shape index (κ3) is 1.43. The number of rotatable bonds is 1. The summed E-state index contributed by atoms with van der Waals surface area (Å²) in [4.78, 5) is 13.4. The Balaban J connectivity index is 1.89. The first-order chi connectivity index (χ1) is 9.64. The molecule has 4 nitrogen and oxygen atoms in total. The normalized spacial score (nSPS) is 34.5. The van der Waals surface area contributed by atoms with Crippen LogP contribution in [0.25, 0.3) is 0 Å². The van der Waals surface area contributed by atoms with Crippen LogP contribution in [0.1, 0.15) is 36.8 Å². The van der Waals surface area contributed by atoms with Gasteiger partial charge >= 0.3 is 0 Å². The van der Waals surface area contributed by atoms with Crippen LogP contribution in [0.3, 0.4) is 0 Å². The predicted molar refractivity (Wildman–Crippen MR) is 73.1 cm³/mol. The van der Waals surface area contributed by atoms with Gasteiger partial charge in [-0.15, -0.1) is 0 Å². The van der Waals surface area contributed by atoms with Crippen LogP contribution >= 0.6 is 0 Å². The van der Waals surface area contributed by atoms with Gasteiger partial charge in [0.15, 0.2) is 11.5 Å². The first kappa shape index (κ1) is 12.2. The summed E-state index contributed by atoms with van der Waals surface area (Å²) in [7, 11) is 1.59. The van der Waals surface area contributed by atoms with Gasteiger partial charge in [0.25, 0.3) is 0 Å². The second-order valence-electron chi connectivity index (χ2n) is 6.47. The lowest BCUT2D eigenvalue weighted by Crippen LogP contribution is -3.14. The summed E-state index contributed by atoms with van der Waals surface area (Å²) in [5.74, 6) is 1.20. The number of fused-ring (bicyclic) bond motifs is 1. The topological polar surface area (TPSA) is 51.0 Å². The molecule has 1 unspecified atom stereocenters. The van der Waals surface area contributed by atoms with E-state index in [-0.39, 0.29) is 11.2 Å². The highest BCUT2D eigenvalue weighted by atomic mass is 16.5. The zero-order valence-corrected chi connectivity index (χ0v) is 11.7. The highest BCUT2D eigenvalue weighted by Gasteiger charge is 2.58. The lowest BCUT2D eigenvalue weighted by atomic mass is 9.63. The molecule has 1 saturated heterocycles. The summed E-state index contributed by atoms with van der Waals surface area (Å²) >= 11 is 0. The lowest BCUT2D eigenvalue weighted by molar-refractivity contribution is -0.930. The van der Waals surface area contributed by atoms with Crippen molar-refractivity contribution in [3.63, 3.8) is 0 Å². The molecule has 2 N–H and O–H groups in total. The maximum Gasteiger partial charge on any atom is 0.160 e. The van der Waals surface area contributed by atoms with Gasteiger partial charge < -0.3 is 14.7 Å². The minimum absolute atomic E-state index is 0.137. The number of phenolic OH excluding ortho intramolecular Hbond substituents is 1. The second kappa shape index (κ2) is 3.98. The average Bonchev–Trinajstić information content (AvgIpc) is 2.71. The maximum atomic E-state index is 11.8. The van der Waals surface area contributed by atoms with Gasteiger partial charge in [0.2, 0.25) is 0 Å². The van der Waals surface area contributed by atoms with E-state index in [9.17, 15) is 9.90 Å². The van der Waals surface area contributed by atoms with E-state index in [0.717, 1.165) is 32.4 Å². The first-order valence-corrected chi connectivity index (χ1v) is 7.41. The highest BCUT2D eigenvalue weighted by molar-refractivity contribution is 5.80. The van der Waals surface area contributed by atoms with Crippen molar-refractivity contribution in [2.24, 2.45) is 0 Å². The number of benzene rings is 1. The Bertz CT molecular complexity index is 598. The van der Waals surface area contributed by atoms with Crippen LogP contribution in [0.2, 0.25) is 0 Å². The van der Waals surface area contributed by atoms with Crippen molar-refractivity contribution in [1.29, 1.82) is 0 Å². The molecule has 0 spiro atoms. The Morgan fingerprint density at radius 1 is 1.40 bits per heavy atom. The van der Waals surface area contributed by atoms with Gasteiger partial charge in [-0.2, -0.15) is 0 Å². The van der Waals surface area contributed by atoms with Crippen LogP contribution in [0.4, 0.5) is 0 Å². The van der Waals surface area contributed by atoms with Crippen LogP contribution < -0.4 is 9.64 Å². The fourth-order valence-electron chi connectivity index (χ4n) is 4.75. The number of hydrogen-bond acceptors (Lipinski definition) is 3. The molecule has 106 valence electrons. The summed E-state index contributed by atoms with van der Waals surface area (Å²) in [6.45, 7) is 2.06. The largest absolute Gasteiger partial charge is 0.504 e. The van der Waals surface area contributed by atoms with E-state index < -0.39 is 0 Å². The maximum absolute atomic E-state index is 11.8. The SMILES string of the molecule is COc1cc2c(cc1O)C[NH+]1CC[C@]23CCC(=O)C[C@@H]13. The van der Waals surface area contributed by atoms with Crippen LogP contribution in [0.15, 0.2) is 12.1 Å². The third-order valence-electron chi connectivity index (χ3n) is 5.69. The van der Waals surface area contributed by atoms with Crippen molar-refractivity contribution < 1.29 is 19.5 Å². The van der Waals surface area contributed by atoms with Gasteiger partial charge in [0.1, 0.15) is 18.4 Å². The van der Waals surface area contributed by atoms with Gasteiger partial charge in [-0.05, 0) is 24.1 Å². The molecule has 2 bridgehead atoms. The van der Waals surface area contributed by atoms with E-state index in [1.54, 1.807) is 7.11 Å². The molecule has 1 aliphatic carbocycles. The van der Waals surface area contributed by atoms with Gasteiger partial charge in [0.05, 0.1) is 25.5 Å². The summed E-state index contributed by atoms with van der Waals surface area (Å²) in [5.41, 5.74) is 2.70. The number of hydrogen-bond donors (Lipinski definition) is 2. The molecule has 0 amide bonds. The molecular weight excluding hydrogens is 254 g/mol. The molecule has 1 aromatic rings. The average molecular weight is 274 g/mol. The standard InChI is InChI=1S/C16H19NO3/c1-20-14-8-12-10(6-13(14)19)9-17-5-4-16(12)3-2-11(18)7-15(16)17/h6,8,15,19H,2-5,7,9H2,1H3/p+1/t15-,16-/m1/s1. The number of ketones is 1. The smallest absolute Gasteiger partial charge is 0.160 e. The summed E-state index contributed by atoms with van der Waals surface area (Å²) < 4.78 is 5.29. The number of carbonyl (C=O) groups excluding carboxylic acids is 1. The molecule has 2 aliphatic heterocycles. The molecular formula is C16H20NO3+. The number of nitrogens with one attached hydrogen (secondary N) is 1. The van der Waals surface area contributed by atoms with E-state index in [0.29, 0.717) is 24.0 Å². The fourth-order valence-corrected chi connectivity index (χ4v) is 4.75. The number of quaternary nitrogens is 1. The number of ether oxygens (including phenoxy) is 1. The van der Waals surface area contributed by atoms with Crippen molar-refractivity contribution in [2.75, 3.05) is 13.7 Å². The predicted octanol–water partition coefficient (Wildman–Crippen LogP) is 0.562. The zero-order chi connectivity index (χ0) is 13.9. The Kier molecular flexibility index (Phi) is 2.43. The van der Waals surface area contributed by atoms with E-state index in [1.165, 1.54) is 16.0 Å². The number of Topliss-reactive ketones (excluding diaryl/α,β-unsaturated/α-hetero) is 1. The van der Waals surface area contributed by atoms with Gasteiger partial charge in [0, 0.05) is 18.4 Å². The van der Waals surface area contributed by atoms with E-state index in [1.807, 2.05) is 12.1 Å². The quantitative estimate of drug-likeness (QED) is 0.787. The van der Waals surface area contributed by atoms with Crippen molar-refractivity contribution in [1.82, 2.24) is 0 Å². The Morgan fingerprint density at radius 2 is 2.25 bits per heavy atom. The Hall–Kier alpha value is -1.55. The summed E-state index contributed by atoms with van der Waals surface area (Å²) in [6.07, 6.45) is 3.53. The lowest BCUT2D eigenvalue weighted by Gasteiger charge is -2.43. The van der Waals surface area contributed by atoms with Crippen LogP contribution in [-0.4, -0.2) is 30.6 Å². The monoisotopic (exact) mass is 274 g/mol. The minimum Gasteiger partial charge on any atom is -0.504 e. The summed E-state index contributed by atoms with van der Waals surface area (Å²) in [6, 6.07) is 4.33. The summed E-state index contributed by atoms with van der Waals surface area (Å²) in [5, 5.41) is 10.0. The highest BCUT2D eigenvalue weighted by Crippen LogP contribution is 2.48. The third-order valence-corrected chi connectivity index (χ3v) is 5.69. The molecule has 1 aromatic carbocycles. The molecule has 20 heavy (non-hydrogen) atoms. The van der Waals surface area contributed by atoms with E-state index in [2.05, 4.69) is 0 Å². The first-order valence-electron chi connectivity index (χ1n) is 7.41. The Morgan fingerprint density at radius 3 is 3.05 bits per heavy atom. The van der Waals surface area contributed by atoms with Crippen molar-refractivity contribution in [3.05, 3.63) is 23.3 Å². The van der Waals surface area contributed by atoms with Crippen LogP contribution in [0, 0.1) is 0 Å². The molecule has 3 atom stereocenters. The van der Waals surface area contributed by atoms with Gasteiger partial charge in [-0.25, -0.2) is 0 Å². The Labute approximate surface area is 118 Å². The molecule has 0 radical (unpaired) electrons. The van der Waals surface area contributed by atoms with E-state index >= 15 is 0 Å². The van der Waals surface area contributed by atoms with E-state index in [4.69, 9.17) is 4.74 Å². The van der Waals surface area contributed by atoms with Crippen molar-refractivity contribution in [2.45, 2.75) is 43.7 Å². The number of carbonyl (C=O) groups is 1. The van der Waals surface area contributed by atoms with Crippen molar-refractivity contribution in [3.8, 4) is 11.5 Å². The molecule has 3 aliphatic rings. The van der Waals surface area contributed by atoms with Crippen molar-refractivity contribution >= 4 is 5.78 Å². The number of phenols is 1. The van der Waals surface area contributed by atoms with Crippen LogP contribution in [0.5, 0.6) is 11.5 Å². The number of aromatic hydroxyl groups is 1. The molecule has 2 fully saturated rings. The molecule has 1 saturated carbocycles. The second-order valence-corrected chi connectivity index (χ2v) is 6.47. The zero-order valence-electron chi connectivity index (χ0n) is 11.7. The molecule has 4 heteroatoms. The molecule has 4 rings (SSSR count). The fraction of sp³-hybridized carbons (Fsp3) is 0.562. The molecule has 2 heterocycles. The number of methoxy groups -OCH3 is 1.